The van der Waals surface area contributed by atoms with Crippen molar-refractivity contribution in [3.05, 3.63) is 75.8 Å². The van der Waals surface area contributed by atoms with Gasteiger partial charge < -0.3 is 10.1 Å². The van der Waals surface area contributed by atoms with E-state index in [-0.39, 0.29) is 5.91 Å². The Bertz CT molecular complexity index is 1250. The van der Waals surface area contributed by atoms with Gasteiger partial charge in [-0.15, -0.1) is 10.2 Å². The third-order valence-corrected chi connectivity index (χ3v) is 6.03. The van der Waals surface area contributed by atoms with Gasteiger partial charge in [-0.3, -0.25) is 10.1 Å². The Kier molecular flexibility index (Phi) is 6.56. The molecule has 0 spiro atoms. The highest BCUT2D eigenvalue weighted by Crippen LogP contribution is 2.30. The molecule has 158 valence electrons. The number of benzene rings is 3. The summed E-state index contributed by atoms with van der Waals surface area (Å²) < 4.78 is 5.69. The van der Waals surface area contributed by atoms with Gasteiger partial charge in [0.2, 0.25) is 10.3 Å². The molecule has 2 N–H and O–H groups in total. The molecule has 0 unspecified atom stereocenters. The van der Waals surface area contributed by atoms with E-state index in [4.69, 9.17) is 27.9 Å². The zero-order valence-corrected chi connectivity index (χ0v) is 18.8. The van der Waals surface area contributed by atoms with Crippen LogP contribution in [-0.2, 0) is 6.54 Å². The minimum atomic E-state index is -0.299. The van der Waals surface area contributed by atoms with Gasteiger partial charge in [0.1, 0.15) is 5.75 Å². The summed E-state index contributed by atoms with van der Waals surface area (Å²) in [5.41, 5.74) is 1.42. The van der Waals surface area contributed by atoms with Crippen LogP contribution in [0.25, 0.3) is 10.8 Å². The number of amides is 1. The lowest BCUT2D eigenvalue weighted by Crippen LogP contribution is -2.14. The lowest BCUT2D eigenvalue weighted by Gasteiger charge is -2.12. The summed E-state index contributed by atoms with van der Waals surface area (Å²) >= 11 is 13.2. The van der Waals surface area contributed by atoms with Crippen LogP contribution >= 0.6 is 34.5 Å². The lowest BCUT2D eigenvalue weighted by atomic mass is 10.0. The van der Waals surface area contributed by atoms with Crippen LogP contribution in [0.15, 0.2) is 54.6 Å². The maximum Gasteiger partial charge on any atom is 0.261 e. The van der Waals surface area contributed by atoms with Crippen molar-refractivity contribution in [2.75, 3.05) is 17.2 Å². The highest BCUT2D eigenvalue weighted by Gasteiger charge is 2.18. The number of nitrogens with zero attached hydrogens (tertiary/aromatic N) is 2. The summed E-state index contributed by atoms with van der Waals surface area (Å²) in [5, 5.41) is 17.9. The number of aromatic nitrogens is 2. The first kappa shape index (κ1) is 21.4. The average Bonchev–Trinajstić information content (AvgIpc) is 3.21. The van der Waals surface area contributed by atoms with Gasteiger partial charge in [-0.05, 0) is 41.5 Å². The smallest absolute Gasteiger partial charge is 0.261 e. The average molecular weight is 473 g/mol. The molecule has 4 aromatic rings. The maximum atomic E-state index is 13.1. The largest absolute Gasteiger partial charge is 0.493 e. The van der Waals surface area contributed by atoms with Crippen LogP contribution in [0.5, 0.6) is 5.75 Å². The molecule has 0 aliphatic carbocycles. The quantitative estimate of drug-likeness (QED) is 0.331. The van der Waals surface area contributed by atoms with E-state index >= 15 is 0 Å². The van der Waals surface area contributed by atoms with E-state index in [2.05, 4.69) is 20.8 Å². The fourth-order valence-electron chi connectivity index (χ4n) is 3.09. The number of rotatable bonds is 7. The minimum absolute atomic E-state index is 0.299. The topological polar surface area (TPSA) is 76.1 Å². The summed E-state index contributed by atoms with van der Waals surface area (Å²) in [6.45, 7) is 2.84. The normalized spacial score (nSPS) is 10.8. The van der Waals surface area contributed by atoms with Crippen LogP contribution in [-0.4, -0.2) is 22.7 Å². The van der Waals surface area contributed by atoms with E-state index in [0.717, 1.165) is 16.3 Å². The van der Waals surface area contributed by atoms with Crippen LogP contribution in [0.4, 0.5) is 10.3 Å². The van der Waals surface area contributed by atoms with Gasteiger partial charge in [-0.2, -0.15) is 0 Å². The van der Waals surface area contributed by atoms with E-state index in [0.29, 0.717) is 44.8 Å². The Labute approximate surface area is 193 Å². The Hall–Kier alpha value is -2.87. The fourth-order valence-corrected chi connectivity index (χ4v) is 4.05. The van der Waals surface area contributed by atoms with E-state index in [1.807, 2.05) is 49.4 Å². The Morgan fingerprint density at radius 3 is 2.65 bits per heavy atom. The molecular weight excluding hydrogens is 455 g/mol. The van der Waals surface area contributed by atoms with E-state index in [1.165, 1.54) is 11.3 Å². The number of carbonyl (C=O) groups is 1. The maximum absolute atomic E-state index is 13.1. The van der Waals surface area contributed by atoms with Gasteiger partial charge in [-0.25, -0.2) is 0 Å². The highest BCUT2D eigenvalue weighted by molar-refractivity contribution is 7.19. The number of carbonyl (C=O) groups excluding carboxylic acids is 1. The second kappa shape index (κ2) is 9.51. The van der Waals surface area contributed by atoms with Crippen molar-refractivity contribution in [2.45, 2.75) is 13.5 Å². The van der Waals surface area contributed by atoms with E-state index in [9.17, 15) is 4.79 Å². The number of halogens is 2. The van der Waals surface area contributed by atoms with Gasteiger partial charge in [0.25, 0.3) is 5.91 Å². The van der Waals surface area contributed by atoms with Crippen molar-refractivity contribution in [1.82, 2.24) is 10.2 Å². The molecule has 1 amide bonds. The molecule has 0 radical (unpaired) electrons. The predicted molar refractivity (Wildman–Crippen MR) is 127 cm³/mol. The Balaban J connectivity index is 1.50. The van der Waals surface area contributed by atoms with Gasteiger partial charge in [0.05, 0.1) is 22.2 Å². The number of anilines is 2. The second-order valence-electron chi connectivity index (χ2n) is 6.56. The molecule has 0 aliphatic heterocycles. The van der Waals surface area contributed by atoms with Crippen LogP contribution < -0.4 is 15.4 Å². The molecule has 0 saturated heterocycles. The number of ether oxygens (including phenoxy) is 1. The van der Waals surface area contributed by atoms with Crippen LogP contribution in [0.1, 0.15) is 22.8 Å². The summed E-state index contributed by atoms with van der Waals surface area (Å²) in [5.74, 6) is 0.230. The first-order valence-corrected chi connectivity index (χ1v) is 11.1. The molecule has 0 fully saturated rings. The van der Waals surface area contributed by atoms with Crippen LogP contribution in [0.3, 0.4) is 0 Å². The Morgan fingerprint density at radius 1 is 1.03 bits per heavy atom. The molecule has 0 bridgehead atoms. The molecule has 6 nitrogen and oxygen atoms in total. The van der Waals surface area contributed by atoms with Crippen molar-refractivity contribution < 1.29 is 9.53 Å². The molecule has 3 aromatic carbocycles. The molecule has 9 heteroatoms. The van der Waals surface area contributed by atoms with Crippen molar-refractivity contribution in [3.8, 4) is 5.75 Å². The standard InChI is InChI=1S/C22H18Cl2N4O2S/c1-2-30-18-10-8-14-5-3-4-6-15(14)19(18)20(29)26-22-28-27-21(31-22)25-12-13-7-9-16(23)17(24)11-13/h3-11H,2,12H2,1H3,(H,25,27)(H,26,28,29). The third kappa shape index (κ3) is 4.90. The molecule has 0 aliphatic rings. The zero-order valence-electron chi connectivity index (χ0n) is 16.5. The van der Waals surface area contributed by atoms with Gasteiger partial charge in [0, 0.05) is 6.54 Å². The first-order chi connectivity index (χ1) is 15.0. The lowest BCUT2D eigenvalue weighted by molar-refractivity contribution is 0.102. The predicted octanol–water partition coefficient (Wildman–Crippen LogP) is 6.26. The van der Waals surface area contributed by atoms with Crippen molar-refractivity contribution in [3.63, 3.8) is 0 Å². The van der Waals surface area contributed by atoms with E-state index in [1.54, 1.807) is 12.1 Å². The molecule has 31 heavy (non-hydrogen) atoms. The molecular formula is C22H18Cl2N4O2S. The van der Waals surface area contributed by atoms with Crippen molar-refractivity contribution in [2.24, 2.45) is 0 Å². The van der Waals surface area contributed by atoms with Crippen LogP contribution in [0.2, 0.25) is 10.0 Å². The van der Waals surface area contributed by atoms with Gasteiger partial charge in [0.15, 0.2) is 0 Å². The summed E-state index contributed by atoms with van der Waals surface area (Å²) in [6.07, 6.45) is 0. The highest BCUT2D eigenvalue weighted by atomic mass is 35.5. The van der Waals surface area contributed by atoms with E-state index < -0.39 is 0 Å². The first-order valence-electron chi connectivity index (χ1n) is 9.52. The minimum Gasteiger partial charge on any atom is -0.493 e. The summed E-state index contributed by atoms with van der Waals surface area (Å²) in [4.78, 5) is 13.1. The second-order valence-corrected chi connectivity index (χ2v) is 8.35. The number of nitrogens with one attached hydrogen (secondary N) is 2. The third-order valence-electron chi connectivity index (χ3n) is 4.49. The number of fused-ring (bicyclic) bond motifs is 1. The monoisotopic (exact) mass is 472 g/mol. The summed E-state index contributed by atoms with van der Waals surface area (Å²) in [6, 6.07) is 16.8. The van der Waals surface area contributed by atoms with Crippen molar-refractivity contribution in [1.29, 1.82) is 0 Å². The fraction of sp³-hybridized carbons (Fsp3) is 0.136. The molecule has 1 heterocycles. The molecule has 1 aromatic heterocycles. The van der Waals surface area contributed by atoms with Gasteiger partial charge in [-0.1, -0.05) is 70.9 Å². The number of hydrogen-bond donors (Lipinski definition) is 2. The molecule has 4 rings (SSSR count). The number of hydrogen-bond acceptors (Lipinski definition) is 6. The van der Waals surface area contributed by atoms with Gasteiger partial charge >= 0.3 is 0 Å². The van der Waals surface area contributed by atoms with Crippen LogP contribution in [0, 0.1) is 0 Å². The van der Waals surface area contributed by atoms with Crippen molar-refractivity contribution >= 4 is 61.5 Å². The summed E-state index contributed by atoms with van der Waals surface area (Å²) in [7, 11) is 0. The zero-order chi connectivity index (χ0) is 21.8. The Morgan fingerprint density at radius 2 is 1.84 bits per heavy atom. The molecule has 0 atom stereocenters. The molecule has 0 saturated carbocycles. The SMILES string of the molecule is CCOc1ccc2ccccc2c1C(=O)Nc1nnc(NCc2ccc(Cl)c(Cl)c2)s1.